The predicted molar refractivity (Wildman–Crippen MR) is 115 cm³/mol. The second kappa shape index (κ2) is 8.51. The Hall–Kier alpha value is -3.45. The highest BCUT2D eigenvalue weighted by Crippen LogP contribution is 2.34. The van der Waals surface area contributed by atoms with Gasteiger partial charge in [-0.25, -0.2) is 4.39 Å². The zero-order chi connectivity index (χ0) is 21.1. The molecule has 0 atom stereocenters. The third kappa shape index (κ3) is 3.84. The van der Waals surface area contributed by atoms with Crippen molar-refractivity contribution in [1.82, 2.24) is 4.90 Å². The fourth-order valence-electron chi connectivity index (χ4n) is 3.32. The SMILES string of the molecule is COc1ccccc1NC1=C(c2cccs2)C(=O)N(CCc2ccc(F)cc2)C1=O. The van der Waals surface area contributed by atoms with Crippen LogP contribution >= 0.6 is 11.3 Å². The van der Waals surface area contributed by atoms with Gasteiger partial charge < -0.3 is 10.1 Å². The summed E-state index contributed by atoms with van der Waals surface area (Å²) in [5.74, 6) is -0.490. The van der Waals surface area contributed by atoms with Crippen molar-refractivity contribution in [2.75, 3.05) is 19.0 Å². The Morgan fingerprint density at radius 1 is 1.00 bits per heavy atom. The number of benzene rings is 2. The second-order valence-corrected chi connectivity index (χ2v) is 7.64. The number of nitrogens with one attached hydrogen (secondary N) is 1. The highest BCUT2D eigenvalue weighted by molar-refractivity contribution is 7.11. The van der Waals surface area contributed by atoms with E-state index in [-0.39, 0.29) is 24.0 Å². The van der Waals surface area contributed by atoms with Crippen LogP contribution in [-0.2, 0) is 16.0 Å². The number of imide groups is 1. The quantitative estimate of drug-likeness (QED) is 0.576. The number of carbonyl (C=O) groups is 2. The maximum atomic E-state index is 13.2. The lowest BCUT2D eigenvalue weighted by molar-refractivity contribution is -0.136. The molecule has 0 unspecified atom stereocenters. The van der Waals surface area contributed by atoms with Crippen LogP contribution in [0.4, 0.5) is 10.1 Å². The van der Waals surface area contributed by atoms with Gasteiger partial charge in [-0.3, -0.25) is 14.5 Å². The molecule has 7 heteroatoms. The first-order valence-electron chi connectivity index (χ1n) is 9.37. The average molecular weight is 422 g/mol. The van der Waals surface area contributed by atoms with Crippen LogP contribution in [-0.4, -0.2) is 30.4 Å². The largest absolute Gasteiger partial charge is 0.495 e. The molecule has 1 N–H and O–H groups in total. The maximum absolute atomic E-state index is 13.2. The predicted octanol–water partition coefficient (Wildman–Crippen LogP) is 4.33. The second-order valence-electron chi connectivity index (χ2n) is 6.69. The molecule has 0 radical (unpaired) electrons. The van der Waals surface area contributed by atoms with Crippen molar-refractivity contribution >= 4 is 34.4 Å². The van der Waals surface area contributed by atoms with Crippen LogP contribution in [0.3, 0.4) is 0 Å². The molecule has 3 aromatic rings. The van der Waals surface area contributed by atoms with Crippen molar-refractivity contribution in [1.29, 1.82) is 0 Å². The number of halogens is 1. The molecule has 0 saturated heterocycles. The van der Waals surface area contributed by atoms with Gasteiger partial charge in [0.05, 0.1) is 18.4 Å². The first-order chi connectivity index (χ1) is 14.6. The molecule has 0 bridgehead atoms. The Balaban J connectivity index is 1.63. The molecule has 152 valence electrons. The number of ether oxygens (including phenoxy) is 1. The topological polar surface area (TPSA) is 58.6 Å². The summed E-state index contributed by atoms with van der Waals surface area (Å²) in [6, 6.07) is 16.9. The fraction of sp³-hybridized carbons (Fsp3) is 0.130. The van der Waals surface area contributed by atoms with Crippen LogP contribution < -0.4 is 10.1 Å². The molecule has 2 aromatic carbocycles. The number of thiophene rings is 1. The molecule has 2 amide bonds. The number of para-hydroxylation sites is 2. The summed E-state index contributed by atoms with van der Waals surface area (Å²) in [6.45, 7) is 0.204. The van der Waals surface area contributed by atoms with E-state index in [4.69, 9.17) is 4.74 Å². The van der Waals surface area contributed by atoms with Crippen molar-refractivity contribution in [2.45, 2.75) is 6.42 Å². The monoisotopic (exact) mass is 422 g/mol. The van der Waals surface area contributed by atoms with Crippen LogP contribution in [0.15, 0.2) is 71.7 Å². The zero-order valence-electron chi connectivity index (χ0n) is 16.2. The minimum atomic E-state index is -0.392. The fourth-order valence-corrected chi connectivity index (χ4v) is 4.09. The van der Waals surface area contributed by atoms with Crippen molar-refractivity contribution in [3.05, 3.63) is 88.0 Å². The van der Waals surface area contributed by atoms with Gasteiger partial charge in [-0.1, -0.05) is 30.3 Å². The number of methoxy groups -OCH3 is 1. The standard InChI is InChI=1S/C23H19FN2O3S/c1-29-18-6-3-2-5-17(18)25-21-20(19-7-4-14-30-19)22(27)26(23(21)28)13-12-15-8-10-16(24)11-9-15/h2-11,14,25H,12-13H2,1H3. The summed E-state index contributed by atoms with van der Waals surface area (Å²) in [4.78, 5) is 28.3. The molecule has 0 saturated carbocycles. The van der Waals surface area contributed by atoms with Crippen molar-refractivity contribution in [3.8, 4) is 5.75 Å². The van der Waals surface area contributed by atoms with E-state index in [1.54, 1.807) is 31.4 Å². The Labute approximate surface area is 177 Å². The van der Waals surface area contributed by atoms with Gasteiger partial charge in [0, 0.05) is 11.4 Å². The van der Waals surface area contributed by atoms with Gasteiger partial charge in [0.1, 0.15) is 17.3 Å². The Morgan fingerprint density at radius 2 is 1.77 bits per heavy atom. The van der Waals surface area contributed by atoms with E-state index < -0.39 is 5.91 Å². The number of nitrogens with zero attached hydrogens (tertiary/aromatic N) is 1. The molecular formula is C23H19FN2O3S. The summed E-state index contributed by atoms with van der Waals surface area (Å²) >= 11 is 1.40. The average Bonchev–Trinajstić information content (AvgIpc) is 3.36. The number of rotatable bonds is 7. The van der Waals surface area contributed by atoms with Crippen LogP contribution in [0.5, 0.6) is 5.75 Å². The van der Waals surface area contributed by atoms with E-state index in [2.05, 4.69) is 5.32 Å². The molecule has 0 fully saturated rings. The molecule has 30 heavy (non-hydrogen) atoms. The third-order valence-electron chi connectivity index (χ3n) is 4.84. The highest BCUT2D eigenvalue weighted by atomic mass is 32.1. The third-order valence-corrected chi connectivity index (χ3v) is 5.73. The maximum Gasteiger partial charge on any atom is 0.278 e. The summed E-state index contributed by atoms with van der Waals surface area (Å²) in [5.41, 5.74) is 2.03. The van der Waals surface area contributed by atoms with Crippen LogP contribution in [0.1, 0.15) is 10.4 Å². The summed E-state index contributed by atoms with van der Waals surface area (Å²) in [5, 5.41) is 4.98. The van der Waals surface area contributed by atoms with Crippen LogP contribution in [0, 0.1) is 5.82 Å². The van der Waals surface area contributed by atoms with Crippen LogP contribution in [0.2, 0.25) is 0 Å². The van der Waals surface area contributed by atoms with Gasteiger partial charge in [0.2, 0.25) is 0 Å². The Morgan fingerprint density at radius 3 is 2.47 bits per heavy atom. The normalized spacial score (nSPS) is 13.9. The van der Waals surface area contributed by atoms with E-state index in [0.29, 0.717) is 23.4 Å². The van der Waals surface area contributed by atoms with Gasteiger partial charge in [-0.05, 0) is 47.7 Å². The minimum absolute atomic E-state index is 0.204. The minimum Gasteiger partial charge on any atom is -0.495 e. The van der Waals surface area contributed by atoms with E-state index in [0.717, 1.165) is 10.4 Å². The lowest BCUT2D eigenvalue weighted by atomic mass is 10.1. The summed E-state index contributed by atoms with van der Waals surface area (Å²) < 4.78 is 18.5. The summed E-state index contributed by atoms with van der Waals surface area (Å²) in [6.07, 6.45) is 0.442. The van der Waals surface area contributed by atoms with Crippen molar-refractivity contribution in [3.63, 3.8) is 0 Å². The molecule has 1 aliphatic heterocycles. The van der Waals surface area contributed by atoms with Gasteiger partial charge in [0.25, 0.3) is 11.8 Å². The number of amides is 2. The van der Waals surface area contributed by atoms with Crippen molar-refractivity contribution in [2.24, 2.45) is 0 Å². The molecule has 0 spiro atoms. The molecule has 1 aromatic heterocycles. The number of carbonyl (C=O) groups excluding carboxylic acids is 2. The lowest BCUT2D eigenvalue weighted by Crippen LogP contribution is -2.34. The Kier molecular flexibility index (Phi) is 5.63. The number of hydrogen-bond acceptors (Lipinski definition) is 5. The van der Waals surface area contributed by atoms with E-state index in [1.165, 1.54) is 28.4 Å². The van der Waals surface area contributed by atoms with Crippen LogP contribution in [0.25, 0.3) is 5.57 Å². The van der Waals surface area contributed by atoms with E-state index >= 15 is 0 Å². The smallest absolute Gasteiger partial charge is 0.278 e. The molecule has 4 rings (SSSR count). The first-order valence-corrected chi connectivity index (χ1v) is 10.3. The van der Waals surface area contributed by atoms with Gasteiger partial charge in [-0.15, -0.1) is 11.3 Å². The van der Waals surface area contributed by atoms with Gasteiger partial charge in [-0.2, -0.15) is 0 Å². The van der Waals surface area contributed by atoms with Gasteiger partial charge >= 0.3 is 0 Å². The molecule has 5 nitrogen and oxygen atoms in total. The molecular weight excluding hydrogens is 403 g/mol. The highest BCUT2D eigenvalue weighted by Gasteiger charge is 2.39. The zero-order valence-corrected chi connectivity index (χ0v) is 17.0. The lowest BCUT2D eigenvalue weighted by Gasteiger charge is -2.16. The summed E-state index contributed by atoms with van der Waals surface area (Å²) in [7, 11) is 1.55. The molecule has 0 aliphatic carbocycles. The van der Waals surface area contributed by atoms with E-state index in [1.807, 2.05) is 29.6 Å². The number of anilines is 1. The van der Waals surface area contributed by atoms with E-state index in [9.17, 15) is 14.0 Å². The molecule has 2 heterocycles. The number of hydrogen-bond donors (Lipinski definition) is 1. The van der Waals surface area contributed by atoms with Crippen molar-refractivity contribution < 1.29 is 18.7 Å². The first kappa shape index (κ1) is 19.8. The molecule has 1 aliphatic rings. The van der Waals surface area contributed by atoms with Gasteiger partial charge in [0.15, 0.2) is 0 Å². The Bertz CT molecular complexity index is 1110.